The second-order valence-corrected chi connectivity index (χ2v) is 7.41. The number of hydrogen-bond donors (Lipinski definition) is 3. The molecule has 2 aromatic heterocycles. The number of aliphatic hydroxyl groups excluding tert-OH is 2. The van der Waals surface area contributed by atoms with Gasteiger partial charge in [0.15, 0.2) is 0 Å². The van der Waals surface area contributed by atoms with Gasteiger partial charge in [0.25, 0.3) is 0 Å². The van der Waals surface area contributed by atoms with Crippen LogP contribution in [-0.2, 0) is 12.6 Å². The fourth-order valence-corrected chi connectivity index (χ4v) is 3.37. The first-order valence-electron chi connectivity index (χ1n) is 9.39. The molecular formula is C20H20ClF3N4O3. The molecule has 1 aliphatic rings. The van der Waals surface area contributed by atoms with Gasteiger partial charge in [0.2, 0.25) is 0 Å². The number of pyridine rings is 2. The first-order valence-corrected chi connectivity index (χ1v) is 9.77. The van der Waals surface area contributed by atoms with E-state index in [2.05, 4.69) is 15.3 Å². The van der Waals surface area contributed by atoms with Gasteiger partial charge in [0, 0.05) is 31.9 Å². The molecule has 1 atom stereocenters. The van der Waals surface area contributed by atoms with Gasteiger partial charge in [-0.2, -0.15) is 13.2 Å². The standard InChI is InChI=1S/C20H20ClF3N4O3/c21-16-8-12(7-15(30)11-29)9-26-18(16)13-3-5-28(6-4-13)19(31)27-17-2-1-14(10-25-17)20(22,23)24/h1-3,8-10,15,29-30H,4-7,11H2,(H,25,27,31)/t15-/m0/s1. The molecule has 11 heteroatoms. The number of nitrogens with zero attached hydrogens (tertiary/aromatic N) is 3. The van der Waals surface area contributed by atoms with Crippen LogP contribution in [0.25, 0.3) is 5.57 Å². The van der Waals surface area contributed by atoms with Gasteiger partial charge in [-0.05, 0) is 35.8 Å². The molecule has 0 spiro atoms. The number of halogens is 4. The molecule has 166 valence electrons. The maximum atomic E-state index is 12.6. The average molecular weight is 457 g/mol. The SMILES string of the molecule is O=C(Nc1ccc(C(F)(F)F)cn1)N1CC=C(c2ncc(C[C@H](O)CO)cc2Cl)CC1. The van der Waals surface area contributed by atoms with Crippen molar-refractivity contribution in [3.05, 3.63) is 58.5 Å². The van der Waals surface area contributed by atoms with E-state index in [4.69, 9.17) is 16.7 Å². The van der Waals surface area contributed by atoms with Crippen molar-refractivity contribution in [3.8, 4) is 0 Å². The van der Waals surface area contributed by atoms with E-state index >= 15 is 0 Å². The molecule has 3 N–H and O–H groups in total. The van der Waals surface area contributed by atoms with Crippen molar-refractivity contribution in [2.45, 2.75) is 25.1 Å². The fourth-order valence-electron chi connectivity index (χ4n) is 3.05. The van der Waals surface area contributed by atoms with Gasteiger partial charge in [0.1, 0.15) is 5.82 Å². The van der Waals surface area contributed by atoms with E-state index < -0.39 is 23.9 Å². The molecule has 3 heterocycles. The van der Waals surface area contributed by atoms with Crippen LogP contribution in [0.3, 0.4) is 0 Å². The zero-order chi connectivity index (χ0) is 22.6. The molecular weight excluding hydrogens is 437 g/mol. The van der Waals surface area contributed by atoms with E-state index in [1.165, 1.54) is 4.90 Å². The molecule has 2 amide bonds. The minimum absolute atomic E-state index is 0.0261. The van der Waals surface area contributed by atoms with E-state index in [1.807, 2.05) is 0 Å². The molecule has 0 fully saturated rings. The number of alkyl halides is 3. The summed E-state index contributed by atoms with van der Waals surface area (Å²) in [6.07, 6.45) is -0.607. The Morgan fingerprint density at radius 1 is 1.29 bits per heavy atom. The van der Waals surface area contributed by atoms with Crippen molar-refractivity contribution in [1.29, 1.82) is 0 Å². The topological polar surface area (TPSA) is 98.6 Å². The maximum absolute atomic E-state index is 12.6. The van der Waals surface area contributed by atoms with Crippen LogP contribution in [0.1, 0.15) is 23.2 Å². The third-order valence-corrected chi connectivity index (χ3v) is 4.99. The Balaban J connectivity index is 1.61. The van der Waals surface area contributed by atoms with E-state index in [0.717, 1.165) is 17.7 Å². The molecule has 7 nitrogen and oxygen atoms in total. The van der Waals surface area contributed by atoms with Crippen LogP contribution in [0.15, 0.2) is 36.7 Å². The molecule has 1 aliphatic heterocycles. The molecule has 0 unspecified atom stereocenters. The summed E-state index contributed by atoms with van der Waals surface area (Å²) >= 11 is 6.31. The number of urea groups is 1. The number of hydrogen-bond acceptors (Lipinski definition) is 5. The summed E-state index contributed by atoms with van der Waals surface area (Å²) < 4.78 is 37.8. The van der Waals surface area contributed by atoms with Crippen molar-refractivity contribution in [2.75, 3.05) is 25.0 Å². The van der Waals surface area contributed by atoms with Gasteiger partial charge in [-0.25, -0.2) is 9.78 Å². The first kappa shape index (κ1) is 23.0. The van der Waals surface area contributed by atoms with Gasteiger partial charge in [-0.1, -0.05) is 17.7 Å². The van der Waals surface area contributed by atoms with Crippen molar-refractivity contribution < 1.29 is 28.2 Å². The van der Waals surface area contributed by atoms with Crippen LogP contribution < -0.4 is 5.32 Å². The Morgan fingerprint density at radius 2 is 2.06 bits per heavy atom. The molecule has 2 aromatic rings. The molecule has 0 aromatic carbocycles. The van der Waals surface area contributed by atoms with Crippen LogP contribution in [0.2, 0.25) is 5.02 Å². The fraction of sp³-hybridized carbons (Fsp3) is 0.350. The highest BCUT2D eigenvalue weighted by Crippen LogP contribution is 2.30. The van der Waals surface area contributed by atoms with Gasteiger partial charge in [0.05, 0.1) is 29.0 Å². The monoisotopic (exact) mass is 456 g/mol. The quantitative estimate of drug-likeness (QED) is 0.640. The van der Waals surface area contributed by atoms with E-state index in [-0.39, 0.29) is 25.4 Å². The average Bonchev–Trinajstić information content (AvgIpc) is 2.73. The van der Waals surface area contributed by atoms with E-state index in [0.29, 0.717) is 35.4 Å². The minimum atomic E-state index is -4.49. The molecule has 0 aliphatic carbocycles. The minimum Gasteiger partial charge on any atom is -0.394 e. The van der Waals surface area contributed by atoms with Crippen molar-refractivity contribution in [1.82, 2.24) is 14.9 Å². The van der Waals surface area contributed by atoms with E-state index in [9.17, 15) is 23.1 Å². The summed E-state index contributed by atoms with van der Waals surface area (Å²) in [6.45, 7) is 0.274. The highest BCUT2D eigenvalue weighted by molar-refractivity contribution is 6.32. The molecule has 0 saturated carbocycles. The normalized spacial score (nSPS) is 15.4. The predicted octanol–water partition coefficient (Wildman–Crippen LogP) is 3.37. The smallest absolute Gasteiger partial charge is 0.394 e. The lowest BCUT2D eigenvalue weighted by Crippen LogP contribution is -2.38. The predicted molar refractivity (Wildman–Crippen MR) is 108 cm³/mol. The van der Waals surface area contributed by atoms with Gasteiger partial charge >= 0.3 is 12.2 Å². The molecule has 0 bridgehead atoms. The number of nitrogens with one attached hydrogen (secondary N) is 1. The highest BCUT2D eigenvalue weighted by Gasteiger charge is 2.30. The molecule has 31 heavy (non-hydrogen) atoms. The Hall–Kier alpha value is -2.69. The number of carbonyl (C=O) groups is 1. The summed E-state index contributed by atoms with van der Waals surface area (Å²) in [5.74, 6) is 0.0261. The van der Waals surface area contributed by atoms with Crippen LogP contribution in [0.5, 0.6) is 0 Å². The number of carbonyl (C=O) groups excluding carboxylic acids is 1. The second-order valence-electron chi connectivity index (χ2n) is 7.00. The largest absolute Gasteiger partial charge is 0.417 e. The highest BCUT2D eigenvalue weighted by atomic mass is 35.5. The van der Waals surface area contributed by atoms with Gasteiger partial charge in [-0.15, -0.1) is 0 Å². The lowest BCUT2D eigenvalue weighted by atomic mass is 10.0. The zero-order valence-electron chi connectivity index (χ0n) is 16.2. The summed E-state index contributed by atoms with van der Waals surface area (Å²) in [5, 5.41) is 21.3. The van der Waals surface area contributed by atoms with Crippen molar-refractivity contribution >= 4 is 29.0 Å². The van der Waals surface area contributed by atoms with Gasteiger partial charge in [-0.3, -0.25) is 10.3 Å². The van der Waals surface area contributed by atoms with Crippen molar-refractivity contribution in [3.63, 3.8) is 0 Å². The summed E-state index contributed by atoms with van der Waals surface area (Å²) in [5.41, 5.74) is 1.23. The van der Waals surface area contributed by atoms with E-state index in [1.54, 1.807) is 18.3 Å². The Labute approximate surface area is 181 Å². The number of rotatable bonds is 5. The van der Waals surface area contributed by atoms with Crippen LogP contribution in [0.4, 0.5) is 23.8 Å². The molecule has 0 radical (unpaired) electrons. The van der Waals surface area contributed by atoms with Crippen LogP contribution in [0, 0.1) is 0 Å². The number of aromatic nitrogens is 2. The lowest BCUT2D eigenvalue weighted by Gasteiger charge is -2.26. The Kier molecular flexibility index (Phi) is 7.14. The molecule has 0 saturated heterocycles. The third-order valence-electron chi connectivity index (χ3n) is 4.71. The first-order chi connectivity index (χ1) is 14.7. The van der Waals surface area contributed by atoms with Crippen molar-refractivity contribution in [2.24, 2.45) is 0 Å². The summed E-state index contributed by atoms with van der Waals surface area (Å²) in [4.78, 5) is 21.8. The summed E-state index contributed by atoms with van der Waals surface area (Å²) in [7, 11) is 0. The molecule has 3 rings (SSSR count). The zero-order valence-corrected chi connectivity index (χ0v) is 17.0. The maximum Gasteiger partial charge on any atom is 0.417 e. The third kappa shape index (κ3) is 5.93. The second kappa shape index (κ2) is 9.63. The number of aliphatic hydroxyl groups is 2. The lowest BCUT2D eigenvalue weighted by molar-refractivity contribution is -0.137. The van der Waals surface area contributed by atoms with Crippen LogP contribution >= 0.6 is 11.6 Å². The number of anilines is 1. The number of amides is 2. The summed E-state index contributed by atoms with van der Waals surface area (Å²) in [6, 6.07) is 3.16. The Bertz CT molecular complexity index is 967. The Morgan fingerprint density at radius 3 is 2.61 bits per heavy atom. The van der Waals surface area contributed by atoms with Crippen LogP contribution in [-0.4, -0.2) is 56.9 Å². The van der Waals surface area contributed by atoms with Gasteiger partial charge < -0.3 is 15.1 Å².